The van der Waals surface area contributed by atoms with Gasteiger partial charge in [-0.1, -0.05) is 18.2 Å². The summed E-state index contributed by atoms with van der Waals surface area (Å²) in [4.78, 5) is 2.03. The van der Waals surface area contributed by atoms with Crippen molar-refractivity contribution in [1.82, 2.24) is 15.2 Å². The van der Waals surface area contributed by atoms with Gasteiger partial charge in [0.25, 0.3) is 0 Å². The first kappa shape index (κ1) is 11.4. The Morgan fingerprint density at radius 2 is 1.94 bits per heavy atom. The number of piperidine rings is 1. The van der Waals surface area contributed by atoms with E-state index in [2.05, 4.69) is 52.5 Å². The summed E-state index contributed by atoms with van der Waals surface area (Å²) >= 11 is 0. The molecule has 1 aliphatic rings. The smallest absolute Gasteiger partial charge is 0.216 e. The van der Waals surface area contributed by atoms with Crippen LogP contribution in [0.25, 0.3) is 5.69 Å². The van der Waals surface area contributed by atoms with Gasteiger partial charge in [0.05, 0.1) is 0 Å². The number of hydrogen-bond acceptors (Lipinski definition) is 2. The molecule has 4 heteroatoms. The Labute approximate surface area is 107 Å². The van der Waals surface area contributed by atoms with Gasteiger partial charge in [-0.25, -0.2) is 0 Å². The second-order valence-electron chi connectivity index (χ2n) is 4.86. The molecule has 1 aromatic carbocycles. The van der Waals surface area contributed by atoms with Crippen molar-refractivity contribution in [1.29, 1.82) is 0 Å². The Hall–Kier alpha value is -1.68. The van der Waals surface area contributed by atoms with E-state index in [1.807, 2.05) is 10.9 Å². The van der Waals surface area contributed by atoms with Gasteiger partial charge in [-0.3, -0.25) is 0 Å². The molecule has 3 rings (SSSR count). The molecule has 1 N–H and O–H groups in total. The van der Waals surface area contributed by atoms with Crippen molar-refractivity contribution >= 4 is 0 Å². The van der Waals surface area contributed by atoms with E-state index in [1.54, 1.807) is 0 Å². The van der Waals surface area contributed by atoms with E-state index in [0.29, 0.717) is 6.04 Å². The molecule has 4 nitrogen and oxygen atoms in total. The average Bonchev–Trinajstić information content (AvgIpc) is 2.83. The lowest BCUT2D eigenvalue weighted by molar-refractivity contribution is -0.795. The standard InChI is InChI=1S/C14H19N4/c1-12-11-17(13-7-9-15-10-8-13)18(16-12)14-5-3-2-4-6-14/h2-6,11,13,15H,7-10H2,1H3/q+1. The zero-order valence-corrected chi connectivity index (χ0v) is 10.7. The number of aromatic nitrogens is 3. The fourth-order valence-electron chi connectivity index (χ4n) is 2.56. The van der Waals surface area contributed by atoms with Crippen LogP contribution in [0.1, 0.15) is 24.6 Å². The minimum atomic E-state index is 0.549. The van der Waals surface area contributed by atoms with Crippen molar-refractivity contribution in [3.63, 3.8) is 0 Å². The van der Waals surface area contributed by atoms with Gasteiger partial charge in [0.1, 0.15) is 11.7 Å². The van der Waals surface area contributed by atoms with Gasteiger partial charge in [0.15, 0.2) is 6.20 Å². The molecule has 1 aliphatic heterocycles. The predicted octanol–water partition coefficient (Wildman–Crippen LogP) is 1.39. The first-order valence-electron chi connectivity index (χ1n) is 6.59. The van der Waals surface area contributed by atoms with Crippen LogP contribution >= 0.6 is 0 Å². The SMILES string of the molecule is Cc1c[n+](C2CCNCC2)n(-c2ccccc2)n1. The summed E-state index contributed by atoms with van der Waals surface area (Å²) in [7, 11) is 0. The first-order valence-corrected chi connectivity index (χ1v) is 6.59. The molecule has 1 aromatic heterocycles. The average molecular weight is 243 g/mol. The monoisotopic (exact) mass is 243 g/mol. The lowest BCUT2D eigenvalue weighted by Crippen LogP contribution is -2.50. The third-order valence-corrected chi connectivity index (χ3v) is 3.46. The number of aryl methyl sites for hydroxylation is 1. The van der Waals surface area contributed by atoms with Crippen LogP contribution in [-0.2, 0) is 0 Å². The highest BCUT2D eigenvalue weighted by atomic mass is 15.6. The van der Waals surface area contributed by atoms with Crippen molar-refractivity contribution in [2.75, 3.05) is 13.1 Å². The topological polar surface area (TPSA) is 33.7 Å². The quantitative estimate of drug-likeness (QED) is 0.809. The number of nitrogens with one attached hydrogen (secondary N) is 1. The first-order chi connectivity index (χ1) is 8.84. The number of rotatable bonds is 2. The van der Waals surface area contributed by atoms with Gasteiger partial charge in [-0.15, -0.1) is 0 Å². The molecule has 1 fully saturated rings. The van der Waals surface area contributed by atoms with E-state index in [0.717, 1.165) is 24.5 Å². The Bertz CT molecular complexity index is 512. The van der Waals surface area contributed by atoms with E-state index in [1.165, 1.54) is 12.8 Å². The van der Waals surface area contributed by atoms with Gasteiger partial charge in [0.2, 0.25) is 5.69 Å². The molecule has 0 amide bonds. The van der Waals surface area contributed by atoms with Crippen LogP contribution in [0.15, 0.2) is 36.5 Å². The zero-order valence-electron chi connectivity index (χ0n) is 10.7. The van der Waals surface area contributed by atoms with Crippen LogP contribution in [0.3, 0.4) is 0 Å². The Balaban J connectivity index is 1.99. The molecule has 2 heterocycles. The minimum absolute atomic E-state index is 0.549. The van der Waals surface area contributed by atoms with Crippen molar-refractivity contribution in [2.24, 2.45) is 0 Å². The van der Waals surface area contributed by atoms with Gasteiger partial charge in [-0.2, -0.15) is 4.68 Å². The van der Waals surface area contributed by atoms with Crippen LogP contribution in [0.4, 0.5) is 0 Å². The summed E-state index contributed by atoms with van der Waals surface area (Å²) in [5, 5.41) is 8.02. The number of para-hydroxylation sites is 1. The molecular weight excluding hydrogens is 224 g/mol. The maximum atomic E-state index is 4.62. The molecular formula is C14H19N4+. The minimum Gasteiger partial charge on any atom is -0.316 e. The summed E-state index contributed by atoms with van der Waals surface area (Å²) in [6.07, 6.45) is 4.49. The largest absolute Gasteiger partial charge is 0.316 e. The van der Waals surface area contributed by atoms with Crippen LogP contribution in [0.5, 0.6) is 0 Å². The van der Waals surface area contributed by atoms with Crippen LogP contribution in [-0.4, -0.2) is 23.0 Å². The Morgan fingerprint density at radius 3 is 2.67 bits per heavy atom. The molecule has 0 bridgehead atoms. The summed E-state index contributed by atoms with van der Waals surface area (Å²) in [5.41, 5.74) is 2.20. The molecule has 0 unspecified atom stereocenters. The van der Waals surface area contributed by atoms with Crippen molar-refractivity contribution < 1.29 is 4.68 Å². The maximum absolute atomic E-state index is 4.62. The molecule has 0 aliphatic carbocycles. The molecule has 18 heavy (non-hydrogen) atoms. The highest BCUT2D eigenvalue weighted by Gasteiger charge is 2.25. The number of benzene rings is 1. The molecule has 1 saturated heterocycles. The van der Waals surface area contributed by atoms with Crippen LogP contribution in [0, 0.1) is 6.92 Å². The fourth-order valence-corrected chi connectivity index (χ4v) is 2.56. The van der Waals surface area contributed by atoms with E-state index in [4.69, 9.17) is 0 Å². The molecule has 0 spiro atoms. The van der Waals surface area contributed by atoms with Crippen molar-refractivity contribution in [2.45, 2.75) is 25.8 Å². The maximum Gasteiger partial charge on any atom is 0.216 e. The Morgan fingerprint density at radius 1 is 1.22 bits per heavy atom. The Kier molecular flexibility index (Phi) is 3.11. The highest BCUT2D eigenvalue weighted by molar-refractivity contribution is 5.27. The third-order valence-electron chi connectivity index (χ3n) is 3.46. The third kappa shape index (κ3) is 2.16. The second kappa shape index (κ2) is 4.90. The molecule has 0 saturated carbocycles. The normalized spacial score (nSPS) is 16.9. The van der Waals surface area contributed by atoms with E-state index in [-0.39, 0.29) is 0 Å². The fraction of sp³-hybridized carbons (Fsp3) is 0.429. The molecule has 2 aromatic rings. The van der Waals surface area contributed by atoms with E-state index < -0.39 is 0 Å². The van der Waals surface area contributed by atoms with E-state index >= 15 is 0 Å². The molecule has 0 atom stereocenters. The highest BCUT2D eigenvalue weighted by Crippen LogP contribution is 2.13. The lowest BCUT2D eigenvalue weighted by atomic mass is 10.1. The second-order valence-corrected chi connectivity index (χ2v) is 4.86. The molecule has 94 valence electrons. The summed E-state index contributed by atoms with van der Waals surface area (Å²) in [6, 6.07) is 10.9. The van der Waals surface area contributed by atoms with Gasteiger partial charge < -0.3 is 5.32 Å². The van der Waals surface area contributed by atoms with Crippen molar-refractivity contribution in [3.8, 4) is 5.69 Å². The molecule has 0 radical (unpaired) electrons. The van der Waals surface area contributed by atoms with Crippen LogP contribution < -0.4 is 10.00 Å². The van der Waals surface area contributed by atoms with Gasteiger partial charge in [0, 0.05) is 24.9 Å². The summed E-state index contributed by atoms with van der Waals surface area (Å²) in [5.74, 6) is 0. The van der Waals surface area contributed by atoms with Gasteiger partial charge in [-0.05, 0) is 30.0 Å². The van der Waals surface area contributed by atoms with Crippen molar-refractivity contribution in [3.05, 3.63) is 42.2 Å². The van der Waals surface area contributed by atoms with Crippen LogP contribution in [0.2, 0.25) is 0 Å². The summed E-state index contributed by atoms with van der Waals surface area (Å²) in [6.45, 7) is 4.24. The predicted molar refractivity (Wildman–Crippen MR) is 69.6 cm³/mol. The lowest BCUT2D eigenvalue weighted by Gasteiger charge is -2.20. The zero-order chi connectivity index (χ0) is 12.4. The van der Waals surface area contributed by atoms with E-state index in [9.17, 15) is 0 Å². The number of hydrogen-bond donors (Lipinski definition) is 1. The van der Waals surface area contributed by atoms with Gasteiger partial charge >= 0.3 is 0 Å². The summed E-state index contributed by atoms with van der Waals surface area (Å²) < 4.78 is 2.28. The number of nitrogens with zero attached hydrogens (tertiary/aromatic N) is 3.